The van der Waals surface area contributed by atoms with Crippen LogP contribution < -0.4 is 0 Å². The third-order valence-corrected chi connectivity index (χ3v) is 5.24. The van der Waals surface area contributed by atoms with Crippen molar-refractivity contribution in [2.24, 2.45) is 0 Å². The van der Waals surface area contributed by atoms with Crippen LogP contribution in [0.2, 0.25) is 0 Å². The first-order valence-corrected chi connectivity index (χ1v) is 9.87. The predicted molar refractivity (Wildman–Crippen MR) is 109 cm³/mol. The zero-order valence-electron chi connectivity index (χ0n) is 16.6. The molecule has 0 unspecified atom stereocenters. The monoisotopic (exact) mass is 409 g/mol. The number of hydrogen-bond acceptors (Lipinski definition) is 5. The van der Waals surface area contributed by atoms with Gasteiger partial charge < -0.3 is 10.0 Å². The van der Waals surface area contributed by atoms with Crippen molar-refractivity contribution in [1.29, 1.82) is 0 Å². The van der Waals surface area contributed by atoms with Crippen molar-refractivity contribution in [2.45, 2.75) is 18.7 Å². The van der Waals surface area contributed by atoms with E-state index >= 15 is 0 Å². The van der Waals surface area contributed by atoms with Crippen molar-refractivity contribution >= 4 is 5.91 Å². The normalized spacial score (nSPS) is 20.1. The van der Waals surface area contributed by atoms with Crippen LogP contribution in [0.1, 0.15) is 15.9 Å². The molecule has 0 bridgehead atoms. The Morgan fingerprint density at radius 2 is 1.83 bits per heavy atom. The van der Waals surface area contributed by atoms with E-state index in [9.17, 15) is 14.3 Å². The maximum Gasteiger partial charge on any atom is 0.254 e. The lowest BCUT2D eigenvalue weighted by Crippen LogP contribution is -2.51. The molecule has 0 saturated carbocycles. The Labute approximate surface area is 174 Å². The van der Waals surface area contributed by atoms with Crippen LogP contribution in [0.15, 0.2) is 67.3 Å². The van der Waals surface area contributed by atoms with Crippen LogP contribution in [0.4, 0.5) is 4.39 Å². The summed E-state index contributed by atoms with van der Waals surface area (Å²) in [6.45, 7) is 2.48. The first-order chi connectivity index (χ1) is 14.5. The molecule has 2 heterocycles. The van der Waals surface area contributed by atoms with Crippen LogP contribution in [-0.2, 0) is 13.1 Å². The average Bonchev–Trinajstić information content (AvgIpc) is 3.18. The second kappa shape index (κ2) is 8.73. The molecule has 1 aromatic heterocycles. The number of halogens is 1. The third kappa shape index (κ3) is 4.90. The summed E-state index contributed by atoms with van der Waals surface area (Å²) in [5, 5.41) is 15.6. The molecular weight excluding hydrogens is 385 g/mol. The average molecular weight is 409 g/mol. The highest BCUT2D eigenvalue weighted by molar-refractivity contribution is 5.94. The summed E-state index contributed by atoms with van der Waals surface area (Å²) in [4.78, 5) is 20.8. The fourth-order valence-corrected chi connectivity index (χ4v) is 3.88. The molecule has 4 rings (SSSR count). The van der Waals surface area contributed by atoms with Gasteiger partial charge in [-0.3, -0.25) is 9.69 Å². The van der Waals surface area contributed by atoms with Crippen molar-refractivity contribution in [3.05, 3.63) is 84.2 Å². The Morgan fingerprint density at radius 1 is 1.07 bits per heavy atom. The van der Waals surface area contributed by atoms with Gasteiger partial charge in [-0.05, 0) is 29.8 Å². The molecule has 2 aromatic carbocycles. The van der Waals surface area contributed by atoms with Gasteiger partial charge in [0.05, 0.1) is 13.1 Å². The van der Waals surface area contributed by atoms with E-state index in [-0.39, 0.29) is 24.8 Å². The van der Waals surface area contributed by atoms with Crippen molar-refractivity contribution in [2.75, 3.05) is 26.2 Å². The molecule has 1 N–H and O–H groups in total. The Kier molecular flexibility index (Phi) is 5.87. The first kappa shape index (κ1) is 20.2. The largest absolute Gasteiger partial charge is 0.385 e. The summed E-state index contributed by atoms with van der Waals surface area (Å²) < 4.78 is 14.8. The summed E-state index contributed by atoms with van der Waals surface area (Å²) in [5.41, 5.74) is 0.323. The number of amides is 1. The molecule has 1 aliphatic heterocycles. The molecule has 1 fully saturated rings. The number of aromatic nitrogens is 3. The van der Waals surface area contributed by atoms with Crippen LogP contribution >= 0.6 is 0 Å². The highest BCUT2D eigenvalue weighted by Gasteiger charge is 2.37. The highest BCUT2D eigenvalue weighted by Crippen LogP contribution is 2.20. The molecule has 7 nitrogen and oxygen atoms in total. The van der Waals surface area contributed by atoms with E-state index in [2.05, 4.69) is 15.0 Å². The van der Waals surface area contributed by atoms with E-state index in [0.29, 0.717) is 31.7 Å². The van der Waals surface area contributed by atoms with Gasteiger partial charge in [-0.15, -0.1) is 0 Å². The Bertz CT molecular complexity index is 965. The molecule has 1 amide bonds. The minimum atomic E-state index is -1.21. The zero-order chi connectivity index (χ0) is 21.0. The van der Waals surface area contributed by atoms with E-state index in [4.69, 9.17) is 0 Å². The molecule has 0 radical (unpaired) electrons. The number of hydrogen-bond donors (Lipinski definition) is 1. The number of nitrogens with zero attached hydrogens (tertiary/aromatic N) is 5. The third-order valence-electron chi connectivity index (χ3n) is 5.24. The van der Waals surface area contributed by atoms with Gasteiger partial charge in [0.1, 0.15) is 24.1 Å². The smallest absolute Gasteiger partial charge is 0.254 e. The maximum atomic E-state index is 13.3. The van der Waals surface area contributed by atoms with E-state index in [1.165, 1.54) is 30.6 Å². The molecular formula is C22H24FN5O2. The van der Waals surface area contributed by atoms with Gasteiger partial charge in [0, 0.05) is 31.7 Å². The Balaban J connectivity index is 1.57. The number of aliphatic hydroxyl groups is 1. The van der Waals surface area contributed by atoms with E-state index in [0.717, 1.165) is 5.56 Å². The van der Waals surface area contributed by atoms with Crippen LogP contribution in [-0.4, -0.2) is 67.4 Å². The standard InChI is InChI=1S/C22H24FN5O2/c23-20-8-6-19(7-9-20)21(29)27-11-10-26(12-18-4-2-1-3-5-18)13-22(30,14-27)15-28-17-24-16-25-28/h1-9,16-17,30H,10-15H2/t22-/m0/s1. The van der Waals surface area contributed by atoms with Gasteiger partial charge >= 0.3 is 0 Å². The number of β-amino-alcohol motifs (C(OH)–C–C–N with tert-alkyl or cyclic N) is 1. The molecule has 1 saturated heterocycles. The summed E-state index contributed by atoms with van der Waals surface area (Å²) in [7, 11) is 0. The summed E-state index contributed by atoms with van der Waals surface area (Å²) in [6.07, 6.45) is 2.97. The lowest BCUT2D eigenvalue weighted by Gasteiger charge is -2.33. The van der Waals surface area contributed by atoms with Crippen LogP contribution in [0.5, 0.6) is 0 Å². The second-order valence-corrected chi connectivity index (χ2v) is 7.75. The van der Waals surface area contributed by atoms with Crippen LogP contribution in [0.3, 0.4) is 0 Å². The summed E-state index contributed by atoms with van der Waals surface area (Å²) >= 11 is 0. The van der Waals surface area contributed by atoms with Gasteiger partial charge in [-0.25, -0.2) is 14.1 Å². The zero-order valence-corrected chi connectivity index (χ0v) is 16.6. The van der Waals surface area contributed by atoms with Gasteiger partial charge in [-0.1, -0.05) is 30.3 Å². The maximum absolute atomic E-state index is 13.3. The molecule has 8 heteroatoms. The molecule has 30 heavy (non-hydrogen) atoms. The van der Waals surface area contributed by atoms with Crippen molar-refractivity contribution in [3.8, 4) is 0 Å². The van der Waals surface area contributed by atoms with Gasteiger partial charge in [0.2, 0.25) is 0 Å². The molecule has 0 spiro atoms. The van der Waals surface area contributed by atoms with E-state index in [1.807, 2.05) is 30.3 Å². The second-order valence-electron chi connectivity index (χ2n) is 7.75. The van der Waals surface area contributed by atoms with Gasteiger partial charge in [-0.2, -0.15) is 5.10 Å². The van der Waals surface area contributed by atoms with Crippen LogP contribution in [0, 0.1) is 5.82 Å². The number of rotatable bonds is 5. The Morgan fingerprint density at radius 3 is 2.53 bits per heavy atom. The molecule has 0 aliphatic carbocycles. The van der Waals surface area contributed by atoms with Crippen molar-refractivity contribution < 1.29 is 14.3 Å². The molecule has 1 aliphatic rings. The topological polar surface area (TPSA) is 74.5 Å². The van der Waals surface area contributed by atoms with E-state index < -0.39 is 5.60 Å². The molecule has 3 aromatic rings. The number of benzene rings is 2. The van der Waals surface area contributed by atoms with Gasteiger partial charge in [0.15, 0.2) is 0 Å². The molecule has 1 atom stereocenters. The number of carbonyl (C=O) groups excluding carboxylic acids is 1. The Hall–Kier alpha value is -3.10. The van der Waals surface area contributed by atoms with Crippen LogP contribution in [0.25, 0.3) is 0 Å². The minimum Gasteiger partial charge on any atom is -0.385 e. The van der Waals surface area contributed by atoms with Gasteiger partial charge in [0.25, 0.3) is 5.91 Å². The summed E-state index contributed by atoms with van der Waals surface area (Å²) in [6, 6.07) is 15.5. The summed E-state index contributed by atoms with van der Waals surface area (Å²) in [5.74, 6) is -0.618. The lowest BCUT2D eigenvalue weighted by molar-refractivity contribution is -0.0184. The lowest BCUT2D eigenvalue weighted by atomic mass is 10.0. The van der Waals surface area contributed by atoms with Crippen molar-refractivity contribution in [3.63, 3.8) is 0 Å². The SMILES string of the molecule is O=C(c1ccc(F)cc1)N1CCN(Cc2ccccc2)C[C@@](O)(Cn2cncn2)C1. The minimum absolute atomic E-state index is 0.147. The van der Waals surface area contributed by atoms with E-state index in [1.54, 1.807) is 15.9 Å². The quantitative estimate of drug-likeness (QED) is 0.696. The fourth-order valence-electron chi connectivity index (χ4n) is 3.88. The number of carbonyl (C=O) groups is 1. The fraction of sp³-hybridized carbons (Fsp3) is 0.318. The predicted octanol–water partition coefficient (Wildman–Crippen LogP) is 1.81. The first-order valence-electron chi connectivity index (χ1n) is 9.87. The van der Waals surface area contributed by atoms with Crippen molar-refractivity contribution in [1.82, 2.24) is 24.6 Å². The molecule has 156 valence electrons. The highest BCUT2D eigenvalue weighted by atomic mass is 19.1.